The van der Waals surface area contributed by atoms with Gasteiger partial charge in [-0.3, -0.25) is 0 Å². The lowest BCUT2D eigenvalue weighted by Gasteiger charge is -2.03. The van der Waals surface area contributed by atoms with Crippen molar-refractivity contribution in [2.75, 3.05) is 5.73 Å². The van der Waals surface area contributed by atoms with E-state index >= 15 is 0 Å². The fourth-order valence-electron chi connectivity index (χ4n) is 1.74. The Morgan fingerprint density at radius 2 is 1.89 bits per heavy atom. The summed E-state index contributed by atoms with van der Waals surface area (Å²) < 4.78 is 13.9. The van der Waals surface area contributed by atoms with Crippen LogP contribution in [0.25, 0.3) is 20.8 Å². The number of rotatable bonds is 1. The number of aromatic nitrogens is 1. The summed E-state index contributed by atoms with van der Waals surface area (Å²) in [6.45, 7) is 0. The number of hydrogen-bond acceptors (Lipinski definition) is 3. The molecule has 0 aliphatic carbocycles. The Morgan fingerprint density at radius 1 is 1.11 bits per heavy atom. The van der Waals surface area contributed by atoms with Crippen molar-refractivity contribution in [1.29, 1.82) is 0 Å². The first-order chi connectivity index (χ1) is 9.04. The second-order valence-corrected chi connectivity index (χ2v) is 5.83. The molecule has 19 heavy (non-hydrogen) atoms. The molecular weight excluding hydrogens is 306 g/mol. The van der Waals surface area contributed by atoms with Crippen molar-refractivity contribution in [1.82, 2.24) is 4.98 Å². The number of benzene rings is 2. The summed E-state index contributed by atoms with van der Waals surface area (Å²) in [6.07, 6.45) is 0. The normalized spacial score (nSPS) is 11.1. The molecule has 3 aromatic rings. The van der Waals surface area contributed by atoms with Crippen LogP contribution in [0.2, 0.25) is 10.0 Å². The van der Waals surface area contributed by atoms with Crippen molar-refractivity contribution in [3.63, 3.8) is 0 Å². The first-order valence-electron chi connectivity index (χ1n) is 5.35. The number of halogens is 3. The lowest BCUT2D eigenvalue weighted by Crippen LogP contribution is -1.88. The van der Waals surface area contributed by atoms with Crippen LogP contribution in [-0.2, 0) is 0 Å². The van der Waals surface area contributed by atoms with Gasteiger partial charge in [0, 0.05) is 5.56 Å². The van der Waals surface area contributed by atoms with E-state index in [2.05, 4.69) is 4.98 Å². The number of nitrogens with zero attached hydrogens (tertiary/aromatic N) is 1. The SMILES string of the molecule is Nc1cc(-c2nc3ccc(F)cc3s2)c(Cl)cc1Cl. The molecular formula is C13H7Cl2FN2S. The molecule has 0 radical (unpaired) electrons. The summed E-state index contributed by atoms with van der Waals surface area (Å²) in [5, 5.41) is 1.56. The highest BCUT2D eigenvalue weighted by Crippen LogP contribution is 2.38. The molecule has 96 valence electrons. The molecule has 0 bridgehead atoms. The summed E-state index contributed by atoms with van der Waals surface area (Å²) in [7, 11) is 0. The zero-order chi connectivity index (χ0) is 13.6. The van der Waals surface area contributed by atoms with E-state index in [-0.39, 0.29) is 5.82 Å². The van der Waals surface area contributed by atoms with E-state index in [1.54, 1.807) is 18.2 Å². The molecule has 0 amide bonds. The van der Waals surface area contributed by atoms with Gasteiger partial charge in [0.05, 0.1) is 25.9 Å². The highest BCUT2D eigenvalue weighted by molar-refractivity contribution is 7.21. The van der Waals surface area contributed by atoms with Crippen molar-refractivity contribution < 1.29 is 4.39 Å². The zero-order valence-electron chi connectivity index (χ0n) is 9.45. The molecule has 1 aromatic heterocycles. The quantitative estimate of drug-likeness (QED) is 0.643. The highest BCUT2D eigenvalue weighted by Gasteiger charge is 2.12. The average Bonchev–Trinajstić information content (AvgIpc) is 2.76. The van der Waals surface area contributed by atoms with Crippen LogP contribution < -0.4 is 5.73 Å². The van der Waals surface area contributed by atoms with Crippen LogP contribution in [0.1, 0.15) is 0 Å². The van der Waals surface area contributed by atoms with E-state index in [9.17, 15) is 4.39 Å². The standard InChI is InChI=1S/C13H7Cl2FN2S/c14-8-5-9(15)10(17)4-7(8)13-18-11-2-1-6(16)3-12(11)19-13/h1-5H,17H2. The van der Waals surface area contributed by atoms with Gasteiger partial charge >= 0.3 is 0 Å². The molecule has 0 saturated carbocycles. The van der Waals surface area contributed by atoms with Crippen molar-refractivity contribution in [3.8, 4) is 10.6 Å². The Hall–Kier alpha value is -1.36. The molecule has 3 rings (SSSR count). The first-order valence-corrected chi connectivity index (χ1v) is 6.93. The van der Waals surface area contributed by atoms with Crippen molar-refractivity contribution in [2.45, 2.75) is 0 Å². The third kappa shape index (κ3) is 2.27. The molecule has 0 spiro atoms. The predicted octanol–water partition coefficient (Wildman–Crippen LogP) is 4.99. The first kappa shape index (κ1) is 12.7. The topological polar surface area (TPSA) is 38.9 Å². The van der Waals surface area contributed by atoms with Gasteiger partial charge < -0.3 is 5.73 Å². The molecule has 2 aromatic carbocycles. The molecule has 0 saturated heterocycles. The van der Waals surface area contributed by atoms with Crippen LogP contribution in [-0.4, -0.2) is 4.98 Å². The van der Waals surface area contributed by atoms with Crippen LogP contribution >= 0.6 is 34.5 Å². The monoisotopic (exact) mass is 312 g/mol. The maximum Gasteiger partial charge on any atom is 0.126 e. The zero-order valence-corrected chi connectivity index (χ0v) is 11.8. The van der Waals surface area contributed by atoms with E-state index in [0.29, 0.717) is 26.3 Å². The molecule has 0 aliphatic rings. The van der Waals surface area contributed by atoms with E-state index in [4.69, 9.17) is 28.9 Å². The van der Waals surface area contributed by atoms with Gasteiger partial charge in [-0.15, -0.1) is 11.3 Å². The third-order valence-corrected chi connectivity index (χ3v) is 4.36. The van der Waals surface area contributed by atoms with Gasteiger partial charge in [-0.1, -0.05) is 23.2 Å². The molecule has 0 aliphatic heterocycles. The van der Waals surface area contributed by atoms with Crippen molar-refractivity contribution in [2.24, 2.45) is 0 Å². The lowest BCUT2D eigenvalue weighted by molar-refractivity contribution is 0.630. The largest absolute Gasteiger partial charge is 0.398 e. The van der Waals surface area contributed by atoms with Crippen LogP contribution in [0.3, 0.4) is 0 Å². The predicted molar refractivity (Wildman–Crippen MR) is 79.4 cm³/mol. The van der Waals surface area contributed by atoms with Gasteiger partial charge in [0.1, 0.15) is 10.8 Å². The fourth-order valence-corrected chi connectivity index (χ4v) is 3.29. The molecule has 2 nitrogen and oxygen atoms in total. The number of anilines is 1. The number of fused-ring (bicyclic) bond motifs is 1. The summed E-state index contributed by atoms with van der Waals surface area (Å²) in [4.78, 5) is 4.42. The van der Waals surface area contributed by atoms with Crippen LogP contribution in [0.4, 0.5) is 10.1 Å². The molecule has 6 heteroatoms. The molecule has 2 N–H and O–H groups in total. The van der Waals surface area contributed by atoms with E-state index in [1.165, 1.54) is 23.5 Å². The molecule has 0 unspecified atom stereocenters. The van der Waals surface area contributed by atoms with Crippen LogP contribution in [0.15, 0.2) is 30.3 Å². The summed E-state index contributed by atoms with van der Waals surface area (Å²) in [5.74, 6) is -0.288. The second-order valence-electron chi connectivity index (χ2n) is 3.98. The van der Waals surface area contributed by atoms with Crippen molar-refractivity contribution in [3.05, 3.63) is 46.2 Å². The Bertz CT molecular complexity index is 786. The minimum atomic E-state index is -0.288. The second kappa shape index (κ2) is 4.63. The third-order valence-electron chi connectivity index (χ3n) is 2.67. The molecule has 1 heterocycles. The Kier molecular flexibility index (Phi) is 3.09. The van der Waals surface area contributed by atoms with E-state index in [1.807, 2.05) is 0 Å². The van der Waals surface area contributed by atoms with Gasteiger partial charge in [-0.05, 0) is 30.3 Å². The number of thiazole rings is 1. The maximum atomic E-state index is 13.2. The minimum Gasteiger partial charge on any atom is -0.398 e. The smallest absolute Gasteiger partial charge is 0.126 e. The fraction of sp³-hybridized carbons (Fsp3) is 0. The molecule has 0 atom stereocenters. The van der Waals surface area contributed by atoms with E-state index < -0.39 is 0 Å². The average molecular weight is 313 g/mol. The maximum absolute atomic E-state index is 13.2. The number of hydrogen-bond donors (Lipinski definition) is 1. The Balaban J connectivity index is 2.21. The minimum absolute atomic E-state index is 0.288. The van der Waals surface area contributed by atoms with Gasteiger partial charge in [0.2, 0.25) is 0 Å². The summed E-state index contributed by atoms with van der Waals surface area (Å²) >= 11 is 13.4. The van der Waals surface area contributed by atoms with Gasteiger partial charge in [-0.25, -0.2) is 9.37 Å². The van der Waals surface area contributed by atoms with Crippen LogP contribution in [0.5, 0.6) is 0 Å². The summed E-state index contributed by atoms with van der Waals surface area (Å²) in [5.41, 5.74) is 7.64. The Labute approximate surface area is 122 Å². The van der Waals surface area contributed by atoms with Crippen LogP contribution in [0, 0.1) is 5.82 Å². The van der Waals surface area contributed by atoms with Gasteiger partial charge in [0.15, 0.2) is 0 Å². The lowest BCUT2D eigenvalue weighted by atomic mass is 10.2. The Morgan fingerprint density at radius 3 is 2.68 bits per heavy atom. The summed E-state index contributed by atoms with van der Waals surface area (Å²) in [6, 6.07) is 7.73. The number of nitrogens with two attached hydrogens (primary N) is 1. The van der Waals surface area contributed by atoms with Gasteiger partial charge in [-0.2, -0.15) is 0 Å². The van der Waals surface area contributed by atoms with Crippen molar-refractivity contribution >= 4 is 50.4 Å². The molecule has 0 fully saturated rings. The van der Waals surface area contributed by atoms with E-state index in [0.717, 1.165) is 10.2 Å². The highest BCUT2D eigenvalue weighted by atomic mass is 35.5. The number of nitrogen functional groups attached to an aromatic ring is 1. The van der Waals surface area contributed by atoms with Gasteiger partial charge in [0.25, 0.3) is 0 Å².